The van der Waals surface area contributed by atoms with Gasteiger partial charge in [0.05, 0.1) is 28.8 Å². The van der Waals surface area contributed by atoms with Crippen LogP contribution in [0.3, 0.4) is 0 Å². The van der Waals surface area contributed by atoms with Crippen LogP contribution in [0.1, 0.15) is 24.3 Å². The highest BCUT2D eigenvalue weighted by molar-refractivity contribution is 6.42. The van der Waals surface area contributed by atoms with E-state index in [0.717, 1.165) is 0 Å². The van der Waals surface area contributed by atoms with Crippen molar-refractivity contribution >= 4 is 35.1 Å². The highest BCUT2D eigenvalue weighted by Gasteiger charge is 2.14. The number of carbonyl (C=O) groups is 2. The number of nitrogens with one attached hydrogen (secondary N) is 1. The molecule has 1 atom stereocenters. The first-order chi connectivity index (χ1) is 11.0. The molecule has 0 saturated carbocycles. The van der Waals surface area contributed by atoms with Crippen LogP contribution < -0.4 is 5.32 Å². The minimum atomic E-state index is -0.524. The number of carbonyl (C=O) groups excluding carboxylic acids is 2. The van der Waals surface area contributed by atoms with Crippen LogP contribution in [-0.4, -0.2) is 18.5 Å². The summed E-state index contributed by atoms with van der Waals surface area (Å²) in [5, 5.41) is 3.44. The molecule has 1 N–H and O–H groups in total. The third-order valence-corrected chi connectivity index (χ3v) is 3.78. The first-order valence-electron chi connectivity index (χ1n) is 6.88. The van der Waals surface area contributed by atoms with Gasteiger partial charge in [-0.1, -0.05) is 29.3 Å². The lowest BCUT2D eigenvalue weighted by Gasteiger charge is -2.11. The molecule has 0 fully saturated rings. The normalized spacial score (nSPS) is 11.8. The summed E-state index contributed by atoms with van der Waals surface area (Å²) in [7, 11) is 0. The van der Waals surface area contributed by atoms with Gasteiger partial charge in [-0.15, -0.1) is 0 Å². The van der Waals surface area contributed by atoms with E-state index in [9.17, 15) is 9.59 Å². The first kappa shape index (κ1) is 17.4. The SMILES string of the molecule is C[C@H](NC(=O)COC(=O)Cc1ccc(Cl)c(Cl)c1)c1ccco1. The summed E-state index contributed by atoms with van der Waals surface area (Å²) in [6, 6.07) is 8.05. The van der Waals surface area contributed by atoms with Crippen molar-refractivity contribution in [3.63, 3.8) is 0 Å². The molecule has 5 nitrogen and oxygen atoms in total. The second kappa shape index (κ2) is 8.04. The molecular formula is C16H15Cl2NO4. The second-order valence-electron chi connectivity index (χ2n) is 4.89. The van der Waals surface area contributed by atoms with Crippen molar-refractivity contribution < 1.29 is 18.7 Å². The van der Waals surface area contributed by atoms with Crippen LogP contribution in [-0.2, 0) is 20.7 Å². The van der Waals surface area contributed by atoms with Gasteiger partial charge in [-0.25, -0.2) is 0 Å². The van der Waals surface area contributed by atoms with Gasteiger partial charge >= 0.3 is 5.97 Å². The van der Waals surface area contributed by atoms with Gasteiger partial charge in [-0.3, -0.25) is 9.59 Å². The summed E-state index contributed by atoms with van der Waals surface area (Å²) in [4.78, 5) is 23.5. The lowest BCUT2D eigenvalue weighted by atomic mass is 10.1. The van der Waals surface area contributed by atoms with E-state index in [4.69, 9.17) is 32.4 Å². The van der Waals surface area contributed by atoms with Gasteiger partial charge in [0.1, 0.15) is 5.76 Å². The predicted molar refractivity (Wildman–Crippen MR) is 86.4 cm³/mol. The fourth-order valence-corrected chi connectivity index (χ4v) is 2.23. The van der Waals surface area contributed by atoms with Crippen molar-refractivity contribution in [1.29, 1.82) is 0 Å². The van der Waals surface area contributed by atoms with Crippen molar-refractivity contribution in [3.05, 3.63) is 58.0 Å². The Morgan fingerprint density at radius 3 is 2.70 bits per heavy atom. The Kier molecular flexibility index (Phi) is 6.07. The number of rotatable bonds is 6. The number of amides is 1. The Bertz CT molecular complexity index is 685. The highest BCUT2D eigenvalue weighted by Crippen LogP contribution is 2.22. The summed E-state index contributed by atoms with van der Waals surface area (Å²) in [6.07, 6.45) is 1.53. The van der Waals surface area contributed by atoms with Gasteiger partial charge in [0.2, 0.25) is 0 Å². The molecule has 2 rings (SSSR count). The van der Waals surface area contributed by atoms with E-state index in [2.05, 4.69) is 5.32 Å². The number of hydrogen-bond donors (Lipinski definition) is 1. The molecule has 23 heavy (non-hydrogen) atoms. The lowest BCUT2D eigenvalue weighted by Crippen LogP contribution is -2.31. The molecule has 1 heterocycles. The van der Waals surface area contributed by atoms with Crippen molar-refractivity contribution in [1.82, 2.24) is 5.32 Å². The zero-order valence-electron chi connectivity index (χ0n) is 12.3. The molecule has 1 aromatic heterocycles. The van der Waals surface area contributed by atoms with Crippen molar-refractivity contribution in [2.75, 3.05) is 6.61 Å². The molecule has 0 aliphatic heterocycles. The van der Waals surface area contributed by atoms with Crippen LogP contribution in [0.25, 0.3) is 0 Å². The fourth-order valence-electron chi connectivity index (χ4n) is 1.91. The first-order valence-corrected chi connectivity index (χ1v) is 7.63. The van der Waals surface area contributed by atoms with Crippen LogP contribution >= 0.6 is 23.2 Å². The Balaban J connectivity index is 1.77. The molecule has 2 aromatic rings. The topological polar surface area (TPSA) is 68.5 Å². The maximum absolute atomic E-state index is 11.7. The zero-order chi connectivity index (χ0) is 16.8. The largest absolute Gasteiger partial charge is 0.467 e. The fraction of sp³-hybridized carbons (Fsp3) is 0.250. The molecule has 1 aromatic carbocycles. The number of furan rings is 1. The van der Waals surface area contributed by atoms with E-state index < -0.39 is 11.9 Å². The molecule has 0 saturated heterocycles. The molecule has 7 heteroatoms. The predicted octanol–water partition coefficient (Wildman–Crippen LogP) is 3.55. The summed E-state index contributed by atoms with van der Waals surface area (Å²) >= 11 is 11.7. The summed E-state index contributed by atoms with van der Waals surface area (Å²) in [5.41, 5.74) is 0.661. The Morgan fingerprint density at radius 2 is 2.04 bits per heavy atom. The number of halogens is 2. The molecule has 122 valence electrons. The Morgan fingerprint density at radius 1 is 1.26 bits per heavy atom. The van der Waals surface area contributed by atoms with E-state index in [0.29, 0.717) is 21.4 Å². The zero-order valence-corrected chi connectivity index (χ0v) is 13.9. The minimum Gasteiger partial charge on any atom is -0.467 e. The average molecular weight is 356 g/mol. The molecule has 0 bridgehead atoms. The molecule has 0 spiro atoms. The second-order valence-corrected chi connectivity index (χ2v) is 5.70. The monoisotopic (exact) mass is 355 g/mol. The maximum atomic E-state index is 11.7. The van der Waals surface area contributed by atoms with Crippen molar-refractivity contribution in [3.8, 4) is 0 Å². The van der Waals surface area contributed by atoms with Crippen LogP contribution in [0.2, 0.25) is 10.0 Å². The third kappa shape index (κ3) is 5.30. The van der Waals surface area contributed by atoms with E-state index >= 15 is 0 Å². The van der Waals surface area contributed by atoms with Gasteiger partial charge in [-0.2, -0.15) is 0 Å². The Labute approximate surface area is 143 Å². The summed E-state index contributed by atoms with van der Waals surface area (Å²) < 4.78 is 10.1. The van der Waals surface area contributed by atoms with E-state index in [1.807, 2.05) is 0 Å². The average Bonchev–Trinajstić information content (AvgIpc) is 3.03. The van der Waals surface area contributed by atoms with Gasteiger partial charge in [-0.05, 0) is 36.8 Å². The molecular weight excluding hydrogens is 341 g/mol. The molecule has 1 amide bonds. The standard InChI is InChI=1S/C16H15Cl2NO4/c1-10(14-3-2-6-22-14)19-15(20)9-23-16(21)8-11-4-5-12(17)13(18)7-11/h2-7,10H,8-9H2,1H3,(H,19,20)/t10-/m0/s1. The van der Waals surface area contributed by atoms with Crippen LogP contribution in [0.15, 0.2) is 41.0 Å². The quantitative estimate of drug-likeness (QED) is 0.804. The summed E-state index contributed by atoms with van der Waals surface area (Å²) in [6.45, 7) is 1.42. The highest BCUT2D eigenvalue weighted by atomic mass is 35.5. The molecule has 0 aliphatic rings. The third-order valence-electron chi connectivity index (χ3n) is 3.04. The molecule has 0 radical (unpaired) electrons. The molecule has 0 unspecified atom stereocenters. The number of benzene rings is 1. The van der Waals surface area contributed by atoms with Gasteiger partial charge in [0.25, 0.3) is 5.91 Å². The molecule has 0 aliphatic carbocycles. The van der Waals surface area contributed by atoms with Crippen molar-refractivity contribution in [2.24, 2.45) is 0 Å². The summed E-state index contributed by atoms with van der Waals surface area (Å²) in [5.74, 6) is -0.305. The van der Waals surface area contributed by atoms with E-state index in [-0.39, 0.29) is 19.1 Å². The smallest absolute Gasteiger partial charge is 0.310 e. The Hall–Kier alpha value is -1.98. The van der Waals surface area contributed by atoms with E-state index in [1.54, 1.807) is 37.3 Å². The van der Waals surface area contributed by atoms with Gasteiger partial charge in [0, 0.05) is 0 Å². The van der Waals surface area contributed by atoms with Crippen molar-refractivity contribution in [2.45, 2.75) is 19.4 Å². The van der Waals surface area contributed by atoms with E-state index in [1.165, 1.54) is 6.26 Å². The van der Waals surface area contributed by atoms with Crippen LogP contribution in [0, 0.1) is 0 Å². The lowest BCUT2D eigenvalue weighted by molar-refractivity contribution is -0.148. The van der Waals surface area contributed by atoms with Crippen LogP contribution in [0.4, 0.5) is 0 Å². The minimum absolute atomic E-state index is 0.0118. The number of esters is 1. The maximum Gasteiger partial charge on any atom is 0.310 e. The van der Waals surface area contributed by atoms with Gasteiger partial charge in [0.15, 0.2) is 6.61 Å². The van der Waals surface area contributed by atoms with Gasteiger partial charge < -0.3 is 14.5 Å². The van der Waals surface area contributed by atoms with Crippen LogP contribution in [0.5, 0.6) is 0 Å². The number of ether oxygens (including phenoxy) is 1. The number of hydrogen-bond acceptors (Lipinski definition) is 4.